The molecule has 1 aliphatic rings. The van der Waals surface area contributed by atoms with Crippen LogP contribution in [0.4, 0.5) is 0 Å². The Labute approximate surface area is 89.9 Å². The van der Waals surface area contributed by atoms with E-state index in [0.29, 0.717) is 0 Å². The molecule has 1 N–H and O–H groups in total. The van der Waals surface area contributed by atoms with E-state index < -0.39 is 0 Å². The van der Waals surface area contributed by atoms with E-state index in [2.05, 4.69) is 16.3 Å². The number of piperazine rings is 1. The first kappa shape index (κ1) is 9.97. The van der Waals surface area contributed by atoms with Crippen LogP contribution in [0.15, 0.2) is 18.2 Å². The van der Waals surface area contributed by atoms with E-state index in [4.69, 9.17) is 11.6 Å². The standard InChI is InChI=1S/C11H14ClN2/c12-11-3-1-10(2-4-11)9-14-7-5-13-6-8-14/h1,3-4,13H,5-9H2. The highest BCUT2D eigenvalue weighted by Crippen LogP contribution is 2.10. The van der Waals surface area contributed by atoms with Crippen molar-refractivity contribution in [2.45, 2.75) is 6.54 Å². The molecule has 0 bridgehead atoms. The van der Waals surface area contributed by atoms with Crippen LogP contribution in [0.1, 0.15) is 5.56 Å². The number of hydrogen-bond donors (Lipinski definition) is 1. The van der Waals surface area contributed by atoms with Gasteiger partial charge in [0.1, 0.15) is 0 Å². The molecule has 1 heterocycles. The summed E-state index contributed by atoms with van der Waals surface area (Å²) in [6.07, 6.45) is 0. The van der Waals surface area contributed by atoms with Gasteiger partial charge in [-0.25, -0.2) is 0 Å². The molecule has 2 rings (SSSR count). The van der Waals surface area contributed by atoms with Crippen molar-refractivity contribution in [2.75, 3.05) is 26.2 Å². The lowest BCUT2D eigenvalue weighted by Crippen LogP contribution is -2.42. The minimum Gasteiger partial charge on any atom is -0.314 e. The maximum atomic E-state index is 5.80. The van der Waals surface area contributed by atoms with E-state index in [9.17, 15) is 0 Å². The average Bonchev–Trinajstić information content (AvgIpc) is 2.23. The van der Waals surface area contributed by atoms with Crippen LogP contribution in [-0.2, 0) is 6.54 Å². The average molecular weight is 210 g/mol. The third kappa shape index (κ3) is 2.71. The first-order chi connectivity index (χ1) is 6.84. The monoisotopic (exact) mass is 209 g/mol. The van der Waals surface area contributed by atoms with E-state index in [1.807, 2.05) is 18.2 Å². The third-order valence-corrected chi connectivity index (χ3v) is 2.68. The van der Waals surface area contributed by atoms with Crippen LogP contribution in [0, 0.1) is 6.07 Å². The van der Waals surface area contributed by atoms with Gasteiger partial charge in [0, 0.05) is 37.7 Å². The molecule has 0 spiro atoms. The Morgan fingerprint density at radius 3 is 2.79 bits per heavy atom. The number of rotatable bonds is 2. The Balaban J connectivity index is 1.92. The minimum atomic E-state index is 0.758. The predicted molar refractivity (Wildman–Crippen MR) is 58.4 cm³/mol. The smallest absolute Gasteiger partial charge is 0.0412 e. The zero-order valence-electron chi connectivity index (χ0n) is 8.09. The van der Waals surface area contributed by atoms with Crippen molar-refractivity contribution in [1.29, 1.82) is 0 Å². The van der Waals surface area contributed by atoms with Gasteiger partial charge < -0.3 is 5.32 Å². The van der Waals surface area contributed by atoms with Gasteiger partial charge >= 0.3 is 0 Å². The highest BCUT2D eigenvalue weighted by molar-refractivity contribution is 6.30. The molecule has 1 aliphatic heterocycles. The van der Waals surface area contributed by atoms with Crippen molar-refractivity contribution >= 4 is 11.6 Å². The van der Waals surface area contributed by atoms with Crippen LogP contribution in [0.5, 0.6) is 0 Å². The molecule has 14 heavy (non-hydrogen) atoms. The van der Waals surface area contributed by atoms with E-state index >= 15 is 0 Å². The fraction of sp³-hybridized carbons (Fsp3) is 0.455. The number of halogens is 1. The lowest BCUT2D eigenvalue weighted by atomic mass is 10.2. The first-order valence-corrected chi connectivity index (χ1v) is 5.31. The van der Waals surface area contributed by atoms with Crippen LogP contribution >= 0.6 is 11.6 Å². The molecule has 75 valence electrons. The van der Waals surface area contributed by atoms with Crippen molar-refractivity contribution in [1.82, 2.24) is 10.2 Å². The topological polar surface area (TPSA) is 15.3 Å². The fourth-order valence-corrected chi connectivity index (χ4v) is 1.76. The van der Waals surface area contributed by atoms with Crippen molar-refractivity contribution in [3.63, 3.8) is 0 Å². The lowest BCUT2D eigenvalue weighted by Gasteiger charge is -2.27. The van der Waals surface area contributed by atoms with Gasteiger partial charge in [-0.1, -0.05) is 17.7 Å². The Bertz CT molecular complexity index is 278. The Morgan fingerprint density at radius 1 is 1.36 bits per heavy atom. The van der Waals surface area contributed by atoms with Gasteiger partial charge in [-0.3, -0.25) is 4.90 Å². The number of hydrogen-bond acceptors (Lipinski definition) is 2. The second-order valence-electron chi connectivity index (χ2n) is 3.56. The van der Waals surface area contributed by atoms with Crippen LogP contribution in [0.2, 0.25) is 5.02 Å². The molecule has 0 aliphatic carbocycles. The van der Waals surface area contributed by atoms with E-state index in [-0.39, 0.29) is 0 Å². The molecule has 0 saturated carbocycles. The van der Waals surface area contributed by atoms with Gasteiger partial charge in [-0.05, 0) is 23.8 Å². The van der Waals surface area contributed by atoms with E-state index in [1.165, 1.54) is 5.56 Å². The molecular weight excluding hydrogens is 196 g/mol. The van der Waals surface area contributed by atoms with Gasteiger partial charge in [0.15, 0.2) is 0 Å². The normalized spacial score (nSPS) is 18.4. The number of nitrogens with zero attached hydrogens (tertiary/aromatic N) is 1. The maximum absolute atomic E-state index is 5.80. The molecule has 1 saturated heterocycles. The lowest BCUT2D eigenvalue weighted by molar-refractivity contribution is 0.233. The quantitative estimate of drug-likeness (QED) is 0.795. The van der Waals surface area contributed by atoms with Gasteiger partial charge in [0.2, 0.25) is 0 Å². The summed E-state index contributed by atoms with van der Waals surface area (Å²) in [7, 11) is 0. The SMILES string of the molecule is Clc1c[c]c(CN2CCNCC2)cc1. The minimum absolute atomic E-state index is 0.758. The zero-order valence-corrected chi connectivity index (χ0v) is 8.85. The maximum Gasteiger partial charge on any atom is 0.0412 e. The number of benzene rings is 1. The van der Waals surface area contributed by atoms with Crippen LogP contribution < -0.4 is 5.32 Å². The molecule has 1 aromatic carbocycles. The molecule has 2 nitrogen and oxygen atoms in total. The summed E-state index contributed by atoms with van der Waals surface area (Å²) in [4.78, 5) is 2.43. The molecule has 0 aromatic heterocycles. The van der Waals surface area contributed by atoms with Crippen molar-refractivity contribution in [2.24, 2.45) is 0 Å². The molecule has 3 heteroatoms. The number of nitrogens with one attached hydrogen (secondary N) is 1. The van der Waals surface area contributed by atoms with Crippen molar-refractivity contribution in [3.05, 3.63) is 34.9 Å². The van der Waals surface area contributed by atoms with Gasteiger partial charge in [0.25, 0.3) is 0 Å². The summed E-state index contributed by atoms with van der Waals surface area (Å²) in [5.74, 6) is 0. The van der Waals surface area contributed by atoms with E-state index in [1.54, 1.807) is 0 Å². The molecule has 0 unspecified atom stereocenters. The molecule has 1 fully saturated rings. The molecule has 0 atom stereocenters. The van der Waals surface area contributed by atoms with Crippen molar-refractivity contribution in [3.8, 4) is 0 Å². The van der Waals surface area contributed by atoms with Gasteiger partial charge in [-0.2, -0.15) is 0 Å². The van der Waals surface area contributed by atoms with Crippen molar-refractivity contribution < 1.29 is 0 Å². The summed E-state index contributed by atoms with van der Waals surface area (Å²) >= 11 is 5.80. The summed E-state index contributed by atoms with van der Waals surface area (Å²) in [6, 6.07) is 8.99. The Kier molecular flexibility index (Phi) is 3.40. The van der Waals surface area contributed by atoms with Crippen LogP contribution in [-0.4, -0.2) is 31.1 Å². The van der Waals surface area contributed by atoms with Crippen LogP contribution in [0.25, 0.3) is 0 Å². The highest BCUT2D eigenvalue weighted by atomic mass is 35.5. The summed E-state index contributed by atoms with van der Waals surface area (Å²) in [5, 5.41) is 4.10. The largest absolute Gasteiger partial charge is 0.314 e. The zero-order chi connectivity index (χ0) is 9.80. The second kappa shape index (κ2) is 4.78. The molecule has 0 amide bonds. The van der Waals surface area contributed by atoms with Crippen LogP contribution in [0.3, 0.4) is 0 Å². The summed E-state index contributed by atoms with van der Waals surface area (Å²) < 4.78 is 0. The Morgan fingerprint density at radius 2 is 2.14 bits per heavy atom. The molecule has 1 radical (unpaired) electrons. The fourth-order valence-electron chi connectivity index (χ4n) is 1.65. The Hall–Kier alpha value is -0.570. The summed E-state index contributed by atoms with van der Waals surface area (Å²) in [5.41, 5.74) is 1.22. The summed E-state index contributed by atoms with van der Waals surface area (Å²) in [6.45, 7) is 5.41. The predicted octanol–water partition coefficient (Wildman–Crippen LogP) is 1.55. The van der Waals surface area contributed by atoms with E-state index in [0.717, 1.165) is 37.7 Å². The molecule has 1 aromatic rings. The highest BCUT2D eigenvalue weighted by Gasteiger charge is 2.09. The van der Waals surface area contributed by atoms with Gasteiger partial charge in [0.05, 0.1) is 0 Å². The molecular formula is C11H14ClN2. The first-order valence-electron chi connectivity index (χ1n) is 4.94. The second-order valence-corrected chi connectivity index (χ2v) is 3.99. The third-order valence-electron chi connectivity index (χ3n) is 2.44. The van der Waals surface area contributed by atoms with Gasteiger partial charge in [-0.15, -0.1) is 0 Å².